The molecule has 0 N–H and O–H groups in total. The highest BCUT2D eigenvalue weighted by Gasteiger charge is 2.12. The lowest BCUT2D eigenvalue weighted by atomic mass is 10.1. The summed E-state index contributed by atoms with van der Waals surface area (Å²) >= 11 is 3.40. The van der Waals surface area contributed by atoms with Crippen molar-refractivity contribution in [3.05, 3.63) is 75.9 Å². The van der Waals surface area contributed by atoms with E-state index in [4.69, 9.17) is 9.47 Å². The molecule has 2 aromatic heterocycles. The molecule has 2 heterocycles. The van der Waals surface area contributed by atoms with E-state index in [1.807, 2.05) is 54.9 Å². The van der Waals surface area contributed by atoms with Crippen LogP contribution in [-0.2, 0) is 0 Å². The molecule has 0 aliphatic rings. The van der Waals surface area contributed by atoms with Crippen molar-refractivity contribution in [1.29, 1.82) is 0 Å². The largest absolute Gasteiger partial charge is 0.493 e. The van der Waals surface area contributed by atoms with Gasteiger partial charge in [-0.3, -0.25) is 9.36 Å². The van der Waals surface area contributed by atoms with Crippen molar-refractivity contribution in [3.8, 4) is 28.4 Å². The van der Waals surface area contributed by atoms with Crippen LogP contribution >= 0.6 is 15.9 Å². The van der Waals surface area contributed by atoms with E-state index in [0.29, 0.717) is 22.8 Å². The molecule has 0 aliphatic heterocycles. The Labute approximate surface area is 163 Å². The Morgan fingerprint density at radius 1 is 0.963 bits per heavy atom. The van der Waals surface area contributed by atoms with Gasteiger partial charge >= 0.3 is 0 Å². The average Bonchev–Trinajstić information content (AvgIpc) is 3.14. The Kier molecular flexibility index (Phi) is 4.45. The summed E-state index contributed by atoms with van der Waals surface area (Å²) in [5.74, 6) is 1.25. The van der Waals surface area contributed by atoms with Crippen molar-refractivity contribution in [2.75, 3.05) is 14.2 Å². The monoisotopic (exact) mass is 425 g/mol. The molecule has 7 heteroatoms. The first-order valence-corrected chi connectivity index (χ1v) is 8.98. The van der Waals surface area contributed by atoms with Crippen LogP contribution in [0, 0.1) is 0 Å². The fourth-order valence-corrected chi connectivity index (χ4v) is 3.18. The highest BCUT2D eigenvalue weighted by atomic mass is 79.9. The highest BCUT2D eigenvalue weighted by Crippen LogP contribution is 2.31. The van der Waals surface area contributed by atoms with Crippen LogP contribution in [0.15, 0.2) is 70.3 Å². The summed E-state index contributed by atoms with van der Waals surface area (Å²) in [6.07, 6.45) is 5.37. The number of nitrogens with zero attached hydrogens (tertiary/aromatic N) is 3. The third-order valence-electron chi connectivity index (χ3n) is 4.30. The molecular weight excluding hydrogens is 410 g/mol. The predicted molar refractivity (Wildman–Crippen MR) is 107 cm³/mol. The molecule has 0 fully saturated rings. The third-order valence-corrected chi connectivity index (χ3v) is 4.83. The van der Waals surface area contributed by atoms with Gasteiger partial charge in [0.25, 0.3) is 5.56 Å². The van der Waals surface area contributed by atoms with Crippen LogP contribution in [0.3, 0.4) is 0 Å². The van der Waals surface area contributed by atoms with E-state index >= 15 is 0 Å². The number of ether oxygens (including phenoxy) is 2. The van der Waals surface area contributed by atoms with Crippen LogP contribution in [0.25, 0.3) is 22.6 Å². The predicted octanol–water partition coefficient (Wildman–Crippen LogP) is 3.93. The van der Waals surface area contributed by atoms with Crippen LogP contribution in [0.2, 0.25) is 0 Å². The number of hydrogen-bond donors (Lipinski definition) is 0. The molecule has 2 aromatic carbocycles. The van der Waals surface area contributed by atoms with Gasteiger partial charge in [-0.2, -0.15) is 0 Å². The molecule has 6 nitrogen and oxygen atoms in total. The van der Waals surface area contributed by atoms with E-state index in [-0.39, 0.29) is 5.56 Å². The zero-order valence-corrected chi connectivity index (χ0v) is 16.3. The smallest absolute Gasteiger partial charge is 0.298 e. The van der Waals surface area contributed by atoms with E-state index < -0.39 is 0 Å². The lowest BCUT2D eigenvalue weighted by molar-refractivity contribution is 0.355. The van der Waals surface area contributed by atoms with Crippen molar-refractivity contribution in [1.82, 2.24) is 14.0 Å². The lowest BCUT2D eigenvalue weighted by Crippen LogP contribution is -2.19. The number of benzene rings is 2. The van der Waals surface area contributed by atoms with Gasteiger partial charge in [0.1, 0.15) is 0 Å². The van der Waals surface area contributed by atoms with Gasteiger partial charge in [-0.15, -0.1) is 0 Å². The standard InChI is InChI=1S/C20H16BrN3O3/c1-26-17-8-3-13(11-18(17)27-2)16-12-23-9-10-24(20(25)19(23)22-16)15-6-4-14(21)5-7-15/h3-12H,1-2H3. The molecule has 0 saturated heterocycles. The van der Waals surface area contributed by atoms with Gasteiger partial charge in [0.15, 0.2) is 11.5 Å². The molecule has 4 aromatic rings. The molecule has 0 aliphatic carbocycles. The van der Waals surface area contributed by atoms with Crippen LogP contribution in [0.5, 0.6) is 11.5 Å². The number of aromatic nitrogens is 3. The number of rotatable bonds is 4. The van der Waals surface area contributed by atoms with E-state index in [0.717, 1.165) is 15.7 Å². The molecular formula is C20H16BrN3O3. The minimum absolute atomic E-state index is 0.188. The Morgan fingerprint density at radius 3 is 2.41 bits per heavy atom. The van der Waals surface area contributed by atoms with E-state index in [2.05, 4.69) is 20.9 Å². The van der Waals surface area contributed by atoms with Gasteiger partial charge in [-0.1, -0.05) is 15.9 Å². The van der Waals surface area contributed by atoms with Crippen LogP contribution in [-0.4, -0.2) is 28.2 Å². The molecule has 4 rings (SSSR count). The fourth-order valence-electron chi connectivity index (χ4n) is 2.92. The molecule has 0 amide bonds. The molecule has 0 atom stereocenters. The van der Waals surface area contributed by atoms with Gasteiger partial charge < -0.3 is 13.9 Å². The normalized spacial score (nSPS) is 10.9. The maximum atomic E-state index is 12.9. The van der Waals surface area contributed by atoms with Gasteiger partial charge in [-0.25, -0.2) is 4.98 Å². The molecule has 27 heavy (non-hydrogen) atoms. The Morgan fingerprint density at radius 2 is 1.70 bits per heavy atom. The number of imidazole rings is 1. The van der Waals surface area contributed by atoms with Crippen molar-refractivity contribution in [3.63, 3.8) is 0 Å². The minimum atomic E-state index is -0.188. The number of hydrogen-bond acceptors (Lipinski definition) is 4. The summed E-state index contributed by atoms with van der Waals surface area (Å²) in [6, 6.07) is 13.1. The summed E-state index contributed by atoms with van der Waals surface area (Å²) < 4.78 is 14.9. The van der Waals surface area contributed by atoms with Crippen molar-refractivity contribution in [2.24, 2.45) is 0 Å². The second-order valence-corrected chi connectivity index (χ2v) is 6.79. The minimum Gasteiger partial charge on any atom is -0.493 e. The van der Waals surface area contributed by atoms with Crippen LogP contribution < -0.4 is 15.0 Å². The second kappa shape index (κ2) is 6.92. The maximum Gasteiger partial charge on any atom is 0.298 e. The van der Waals surface area contributed by atoms with Crippen LogP contribution in [0.4, 0.5) is 0 Å². The van der Waals surface area contributed by atoms with Crippen LogP contribution in [0.1, 0.15) is 0 Å². The van der Waals surface area contributed by atoms with Crippen molar-refractivity contribution < 1.29 is 9.47 Å². The van der Waals surface area contributed by atoms with E-state index in [1.165, 1.54) is 0 Å². The summed E-state index contributed by atoms with van der Waals surface area (Å²) in [7, 11) is 3.18. The molecule has 0 unspecified atom stereocenters. The molecule has 0 radical (unpaired) electrons. The summed E-state index contributed by atoms with van der Waals surface area (Å²) in [4.78, 5) is 17.4. The third kappa shape index (κ3) is 3.10. The van der Waals surface area contributed by atoms with Crippen molar-refractivity contribution in [2.45, 2.75) is 0 Å². The molecule has 0 spiro atoms. The van der Waals surface area contributed by atoms with Crippen molar-refractivity contribution >= 4 is 21.6 Å². The SMILES string of the molecule is COc1ccc(-c2cn3ccn(-c4ccc(Br)cc4)c(=O)c3n2)cc1OC. The summed E-state index contributed by atoms with van der Waals surface area (Å²) in [5, 5.41) is 0. The average molecular weight is 426 g/mol. The van der Waals surface area contributed by atoms with E-state index in [1.54, 1.807) is 29.4 Å². The highest BCUT2D eigenvalue weighted by molar-refractivity contribution is 9.10. The number of fused-ring (bicyclic) bond motifs is 1. The zero-order valence-electron chi connectivity index (χ0n) is 14.7. The van der Waals surface area contributed by atoms with Gasteiger partial charge in [0, 0.05) is 34.3 Å². The molecule has 0 saturated carbocycles. The molecule has 0 bridgehead atoms. The fraction of sp³-hybridized carbons (Fsp3) is 0.100. The Hall–Kier alpha value is -3.06. The first-order chi connectivity index (χ1) is 13.1. The van der Waals surface area contributed by atoms with Gasteiger partial charge in [-0.05, 0) is 42.5 Å². The maximum absolute atomic E-state index is 12.9. The first-order valence-electron chi connectivity index (χ1n) is 8.19. The lowest BCUT2D eigenvalue weighted by Gasteiger charge is -2.08. The summed E-state index contributed by atoms with van der Waals surface area (Å²) in [6.45, 7) is 0. The Bertz CT molecular complexity index is 1180. The first kappa shape index (κ1) is 17.4. The number of halogens is 1. The van der Waals surface area contributed by atoms with E-state index in [9.17, 15) is 4.79 Å². The second-order valence-electron chi connectivity index (χ2n) is 5.88. The van der Waals surface area contributed by atoms with Gasteiger partial charge in [0.05, 0.1) is 19.9 Å². The number of methoxy groups -OCH3 is 2. The molecule has 136 valence electrons. The summed E-state index contributed by atoms with van der Waals surface area (Å²) in [5.41, 5.74) is 2.46. The van der Waals surface area contributed by atoms with Gasteiger partial charge in [0.2, 0.25) is 5.65 Å². The quantitative estimate of drug-likeness (QED) is 0.496. The Balaban J connectivity index is 1.82. The topological polar surface area (TPSA) is 57.8 Å². The zero-order chi connectivity index (χ0) is 19.0.